The number of rotatable bonds is 11. The summed E-state index contributed by atoms with van der Waals surface area (Å²) in [5.41, 5.74) is 10.1. The summed E-state index contributed by atoms with van der Waals surface area (Å²) in [4.78, 5) is 11.3. The molecule has 0 radical (unpaired) electrons. The number of carbonyl (C=O) groups is 1. The van der Waals surface area contributed by atoms with E-state index in [2.05, 4.69) is 132 Å². The van der Waals surface area contributed by atoms with Gasteiger partial charge in [-0.3, -0.25) is 0 Å². The highest BCUT2D eigenvalue weighted by Crippen LogP contribution is 2.45. The Kier molecular flexibility index (Phi) is 8.82. The molecule has 0 aliphatic rings. The van der Waals surface area contributed by atoms with Gasteiger partial charge in [0.15, 0.2) is 0 Å². The molecule has 232 valence electrons. The van der Waals surface area contributed by atoms with Crippen LogP contribution in [0.1, 0.15) is 70.1 Å². The van der Waals surface area contributed by atoms with E-state index >= 15 is 0 Å². The fraction of sp³-hybridized carbons (Fsp3) is 0.250. The average molecular weight is 605 g/mol. The van der Waals surface area contributed by atoms with Gasteiger partial charge in [-0.15, -0.1) is 0 Å². The molecule has 0 heterocycles. The summed E-state index contributed by atoms with van der Waals surface area (Å²) in [5, 5.41) is 7.86. The molecule has 46 heavy (non-hydrogen) atoms. The number of unbranched alkanes of at least 4 members (excludes halogenated alkanes) is 2. The van der Waals surface area contributed by atoms with E-state index in [1.54, 1.807) is 0 Å². The molecule has 0 aromatic heterocycles. The van der Waals surface area contributed by atoms with Gasteiger partial charge in [0, 0.05) is 6.08 Å². The highest BCUT2D eigenvalue weighted by molar-refractivity contribution is 6.28. The second-order valence-corrected chi connectivity index (χ2v) is 13.5. The Balaban J connectivity index is 1.42. The fourth-order valence-corrected chi connectivity index (χ4v) is 6.61. The maximum absolute atomic E-state index is 11.3. The largest absolute Gasteiger partial charge is 0.463 e. The van der Waals surface area contributed by atoms with Gasteiger partial charge in [0.1, 0.15) is 0 Å². The van der Waals surface area contributed by atoms with Crippen LogP contribution in [0.4, 0.5) is 0 Å². The highest BCUT2D eigenvalue weighted by atomic mass is 16.5. The average Bonchev–Trinajstić information content (AvgIpc) is 3.07. The Hall–Kier alpha value is -4.69. The molecule has 2 heteroatoms. The molecular weight excluding hydrogens is 560 g/mol. The van der Waals surface area contributed by atoms with Crippen molar-refractivity contribution in [1.29, 1.82) is 0 Å². The molecule has 0 bridgehead atoms. The van der Waals surface area contributed by atoms with Gasteiger partial charge < -0.3 is 4.74 Å². The molecule has 0 aliphatic carbocycles. The van der Waals surface area contributed by atoms with Crippen molar-refractivity contribution in [2.45, 2.75) is 65.2 Å². The van der Waals surface area contributed by atoms with Gasteiger partial charge in [0.2, 0.25) is 0 Å². The van der Waals surface area contributed by atoms with E-state index in [4.69, 9.17) is 4.74 Å². The van der Waals surface area contributed by atoms with Crippen molar-refractivity contribution in [3.8, 4) is 22.3 Å². The number of hydrogen-bond acceptors (Lipinski definition) is 2. The molecular formula is C44H44O2. The van der Waals surface area contributed by atoms with Gasteiger partial charge in [-0.2, -0.15) is 0 Å². The summed E-state index contributed by atoms with van der Waals surface area (Å²) in [7, 11) is 0. The van der Waals surface area contributed by atoms with Crippen LogP contribution in [0, 0.1) is 0 Å². The van der Waals surface area contributed by atoms with Crippen LogP contribution in [-0.2, 0) is 21.4 Å². The summed E-state index contributed by atoms with van der Waals surface area (Å²) in [6.45, 7) is 17.2. The van der Waals surface area contributed by atoms with E-state index in [0.29, 0.717) is 6.61 Å². The second-order valence-electron chi connectivity index (χ2n) is 13.5. The Morgan fingerprint density at radius 2 is 1.33 bits per heavy atom. The van der Waals surface area contributed by atoms with E-state index in [-0.39, 0.29) is 11.4 Å². The summed E-state index contributed by atoms with van der Waals surface area (Å²) in [5.74, 6) is -0.348. The monoisotopic (exact) mass is 604 g/mol. The lowest BCUT2D eigenvalue weighted by molar-refractivity contribution is -0.137. The van der Waals surface area contributed by atoms with Crippen LogP contribution in [0.25, 0.3) is 60.1 Å². The van der Waals surface area contributed by atoms with Crippen molar-refractivity contribution in [2.24, 2.45) is 0 Å². The normalized spacial score (nSPS) is 11.8. The first-order valence-electron chi connectivity index (χ1n) is 16.6. The Morgan fingerprint density at radius 1 is 0.739 bits per heavy atom. The van der Waals surface area contributed by atoms with Crippen molar-refractivity contribution in [3.05, 3.63) is 127 Å². The third kappa shape index (κ3) is 6.22. The molecule has 0 N–H and O–H groups in total. The van der Waals surface area contributed by atoms with Crippen molar-refractivity contribution in [1.82, 2.24) is 0 Å². The van der Waals surface area contributed by atoms with Gasteiger partial charge in [0.25, 0.3) is 0 Å². The van der Waals surface area contributed by atoms with E-state index in [9.17, 15) is 4.79 Å². The molecule has 6 aromatic rings. The summed E-state index contributed by atoms with van der Waals surface area (Å²) in [6.07, 6.45) is 6.12. The second kappa shape index (κ2) is 13.0. The van der Waals surface area contributed by atoms with Crippen molar-refractivity contribution in [3.63, 3.8) is 0 Å². The van der Waals surface area contributed by atoms with Crippen molar-refractivity contribution in [2.75, 3.05) is 6.61 Å². The van der Waals surface area contributed by atoms with E-state index in [1.807, 2.05) is 0 Å². The minimum Gasteiger partial charge on any atom is -0.463 e. The zero-order valence-electron chi connectivity index (χ0n) is 27.7. The number of esters is 1. The van der Waals surface area contributed by atoms with Crippen LogP contribution < -0.4 is 0 Å². The van der Waals surface area contributed by atoms with Crippen molar-refractivity contribution < 1.29 is 9.53 Å². The van der Waals surface area contributed by atoms with Crippen LogP contribution in [0.3, 0.4) is 0 Å². The molecule has 0 spiro atoms. The quantitative estimate of drug-likeness (QED) is 0.0636. The van der Waals surface area contributed by atoms with Crippen LogP contribution in [-0.4, -0.2) is 12.6 Å². The maximum Gasteiger partial charge on any atom is 0.330 e. The van der Waals surface area contributed by atoms with Gasteiger partial charge in [0.05, 0.1) is 6.61 Å². The molecule has 6 aromatic carbocycles. The lowest BCUT2D eigenvalue weighted by atomic mass is 9.81. The molecule has 6 rings (SSSR count). The molecule has 0 aliphatic heterocycles. The van der Waals surface area contributed by atoms with Gasteiger partial charge in [-0.05, 0) is 120 Å². The van der Waals surface area contributed by atoms with Crippen LogP contribution in [0.15, 0.2) is 110 Å². The van der Waals surface area contributed by atoms with Gasteiger partial charge in [-0.25, -0.2) is 4.79 Å². The van der Waals surface area contributed by atoms with Gasteiger partial charge in [-0.1, -0.05) is 126 Å². The lowest BCUT2D eigenvalue weighted by Crippen LogP contribution is -2.10. The number of benzene rings is 6. The predicted molar refractivity (Wildman–Crippen MR) is 198 cm³/mol. The summed E-state index contributed by atoms with van der Waals surface area (Å²) in [6, 6.07) is 34.5. The third-order valence-corrected chi connectivity index (χ3v) is 9.40. The van der Waals surface area contributed by atoms with E-state index in [1.165, 1.54) is 77.3 Å². The molecule has 0 atom stereocenters. The smallest absolute Gasteiger partial charge is 0.330 e. The first-order valence-corrected chi connectivity index (χ1v) is 16.6. The lowest BCUT2D eigenvalue weighted by Gasteiger charge is -2.23. The Labute approximate surface area is 273 Å². The topological polar surface area (TPSA) is 26.3 Å². The number of allylic oxidation sites excluding steroid dienone is 1. The highest BCUT2D eigenvalue weighted by Gasteiger charge is 2.20. The molecule has 0 saturated carbocycles. The number of hydrogen-bond donors (Lipinski definition) is 0. The molecule has 2 nitrogen and oxygen atoms in total. The number of carbonyl (C=O) groups excluding carboxylic acids is 1. The maximum atomic E-state index is 11.3. The van der Waals surface area contributed by atoms with Crippen LogP contribution >= 0.6 is 0 Å². The van der Waals surface area contributed by atoms with Gasteiger partial charge >= 0.3 is 5.97 Å². The predicted octanol–water partition coefficient (Wildman–Crippen LogP) is 12.1. The zero-order chi connectivity index (χ0) is 32.4. The standard InChI is InChI=1S/C44H44O2/c1-7-29(3)31-17-19-33(20-18-31)40-28-39(32-15-13-30(14-16-32)12-10-9-11-25-46-41(45)8-2)37-23-21-34-26-36(44(4,5)6)27-35-22-24-38(40)43(37)42(34)35/h8,13-24,26-28H,2-3,7,9-12,25H2,1,4-6H3. The van der Waals surface area contributed by atoms with Crippen LogP contribution in [0.5, 0.6) is 0 Å². The van der Waals surface area contributed by atoms with Crippen molar-refractivity contribution >= 4 is 43.9 Å². The molecule has 0 amide bonds. The molecule has 0 fully saturated rings. The Morgan fingerprint density at radius 3 is 1.87 bits per heavy atom. The first kappa shape index (κ1) is 31.3. The van der Waals surface area contributed by atoms with Crippen LogP contribution in [0.2, 0.25) is 0 Å². The van der Waals surface area contributed by atoms with E-state index in [0.717, 1.165) is 37.7 Å². The fourth-order valence-electron chi connectivity index (χ4n) is 6.61. The molecule has 0 unspecified atom stereocenters. The summed E-state index contributed by atoms with van der Waals surface area (Å²) >= 11 is 0. The minimum atomic E-state index is -0.348. The third-order valence-electron chi connectivity index (χ3n) is 9.40. The summed E-state index contributed by atoms with van der Waals surface area (Å²) < 4.78 is 5.11. The van der Waals surface area contributed by atoms with E-state index < -0.39 is 0 Å². The first-order chi connectivity index (χ1) is 22.2. The SMILES string of the molecule is C=CC(=O)OCCCCCc1ccc(-c2cc(-c3ccc(C(=C)CC)cc3)c3ccc4cc(C(C)(C)C)cc5ccc2c3c54)cc1. The zero-order valence-corrected chi connectivity index (χ0v) is 27.7. The number of ether oxygens (including phenoxy) is 1. The Bertz CT molecular complexity index is 2020. The minimum absolute atomic E-state index is 0.0745. The molecule has 0 saturated heterocycles. The number of aryl methyl sites for hydroxylation is 1.